The summed E-state index contributed by atoms with van der Waals surface area (Å²) < 4.78 is 5.42. The van der Waals surface area contributed by atoms with Crippen LogP contribution in [0.4, 0.5) is 0 Å². The third kappa shape index (κ3) is 4.10. The lowest BCUT2D eigenvalue weighted by Gasteiger charge is -2.18. The largest absolute Gasteiger partial charge is 0.134 e. The second-order valence-corrected chi connectivity index (χ2v) is 15.3. The first kappa shape index (κ1) is 28.1. The van der Waals surface area contributed by atoms with Crippen molar-refractivity contribution in [2.75, 3.05) is 0 Å². The van der Waals surface area contributed by atoms with Crippen LogP contribution in [0.5, 0.6) is 0 Å². The molecular weight excluding hydrogens is 641 g/mol. The summed E-state index contributed by atoms with van der Waals surface area (Å²) in [6.07, 6.45) is 0. The van der Waals surface area contributed by atoms with Crippen LogP contribution in [-0.4, -0.2) is 0 Å². The van der Waals surface area contributed by atoms with E-state index < -0.39 is 0 Å². The SMILES string of the molecule is c1ccc2cc(-c3c4ccccc4c(-c4ccc(-c5c6sc7ccccc7c6cc6c5sc5ccccc56)cc4)c4ccccc34)ccc2c1. The molecule has 11 rings (SSSR count). The summed E-state index contributed by atoms with van der Waals surface area (Å²) in [7, 11) is 0. The van der Waals surface area contributed by atoms with Crippen molar-refractivity contribution in [3.8, 4) is 33.4 Å². The maximum Gasteiger partial charge on any atom is 0.0448 e. The highest BCUT2D eigenvalue weighted by molar-refractivity contribution is 7.29. The molecule has 0 N–H and O–H groups in total. The van der Waals surface area contributed by atoms with Gasteiger partial charge in [-0.15, -0.1) is 22.7 Å². The quantitative estimate of drug-likeness (QED) is 0.164. The molecule has 9 aromatic carbocycles. The van der Waals surface area contributed by atoms with Crippen molar-refractivity contribution < 1.29 is 0 Å². The van der Waals surface area contributed by atoms with E-state index in [1.165, 1.54) is 106 Å². The molecule has 0 aliphatic carbocycles. The average Bonchev–Trinajstić information content (AvgIpc) is 3.74. The lowest BCUT2D eigenvalue weighted by atomic mass is 9.85. The molecule has 0 unspecified atom stereocenters. The summed E-state index contributed by atoms with van der Waals surface area (Å²) in [6, 6.07) is 63.0. The van der Waals surface area contributed by atoms with Crippen LogP contribution < -0.4 is 0 Å². The maximum absolute atomic E-state index is 2.44. The molecule has 0 aliphatic heterocycles. The highest BCUT2D eigenvalue weighted by Crippen LogP contribution is 2.49. The normalized spacial score (nSPS) is 12.0. The van der Waals surface area contributed by atoms with Crippen molar-refractivity contribution in [2.45, 2.75) is 0 Å². The van der Waals surface area contributed by atoms with Gasteiger partial charge in [0.05, 0.1) is 0 Å². The van der Waals surface area contributed by atoms with Crippen LogP contribution in [0, 0.1) is 0 Å². The molecule has 0 fully saturated rings. The molecule has 0 aliphatic rings. The molecule has 11 aromatic rings. The zero-order valence-corrected chi connectivity index (χ0v) is 28.6. The van der Waals surface area contributed by atoms with E-state index >= 15 is 0 Å². The summed E-state index contributed by atoms with van der Waals surface area (Å²) in [5, 5.41) is 13.0. The van der Waals surface area contributed by atoms with E-state index in [1.54, 1.807) is 0 Å². The summed E-state index contributed by atoms with van der Waals surface area (Å²) in [4.78, 5) is 0. The molecule has 0 bridgehead atoms. The Hall–Kier alpha value is -5.80. The Morgan fingerprint density at radius 1 is 0.260 bits per heavy atom. The first-order valence-corrected chi connectivity index (χ1v) is 18.7. The van der Waals surface area contributed by atoms with Crippen LogP contribution in [0.3, 0.4) is 0 Å². The summed E-state index contributed by atoms with van der Waals surface area (Å²) >= 11 is 3.84. The monoisotopic (exact) mass is 668 g/mol. The van der Waals surface area contributed by atoms with Crippen molar-refractivity contribution in [2.24, 2.45) is 0 Å². The Kier molecular flexibility index (Phi) is 6.09. The highest BCUT2D eigenvalue weighted by atomic mass is 32.1. The topological polar surface area (TPSA) is 0 Å². The van der Waals surface area contributed by atoms with Crippen molar-refractivity contribution in [3.63, 3.8) is 0 Å². The van der Waals surface area contributed by atoms with Gasteiger partial charge in [-0.2, -0.15) is 0 Å². The molecule has 2 heteroatoms. The number of thiophene rings is 2. The number of fused-ring (bicyclic) bond motifs is 9. The smallest absolute Gasteiger partial charge is 0.0448 e. The third-order valence-electron chi connectivity index (χ3n) is 10.4. The number of benzene rings is 9. The first-order chi connectivity index (χ1) is 24.8. The fourth-order valence-electron chi connectivity index (χ4n) is 8.20. The van der Waals surface area contributed by atoms with Gasteiger partial charge in [0.2, 0.25) is 0 Å². The Labute approximate surface area is 297 Å². The van der Waals surface area contributed by atoms with Crippen LogP contribution in [0.1, 0.15) is 0 Å². The minimum absolute atomic E-state index is 1.24. The van der Waals surface area contributed by atoms with E-state index in [9.17, 15) is 0 Å². The molecule has 0 saturated heterocycles. The first-order valence-electron chi connectivity index (χ1n) is 17.1. The van der Waals surface area contributed by atoms with Crippen LogP contribution >= 0.6 is 22.7 Å². The van der Waals surface area contributed by atoms with Gasteiger partial charge >= 0.3 is 0 Å². The van der Waals surface area contributed by atoms with Gasteiger partial charge in [-0.25, -0.2) is 0 Å². The standard InChI is InChI=1S/C48H28S2/c1-2-12-32-27-33(26-21-29(32)11-1)45-38-17-5-3-15-36(38)44(37-16-4-6-18-39(37)45)30-22-24-31(25-23-30)46-47-40(34-13-7-9-19-42(34)49-47)28-41-35-14-8-10-20-43(35)50-48(41)46/h1-28H. The molecule has 232 valence electrons. The van der Waals surface area contributed by atoms with Gasteiger partial charge in [0.25, 0.3) is 0 Å². The molecule has 0 spiro atoms. The fraction of sp³-hybridized carbons (Fsp3) is 0. The Morgan fingerprint density at radius 3 is 1.20 bits per heavy atom. The van der Waals surface area contributed by atoms with Gasteiger partial charge in [-0.1, -0.05) is 146 Å². The van der Waals surface area contributed by atoms with Crippen molar-refractivity contribution in [1.82, 2.24) is 0 Å². The van der Waals surface area contributed by atoms with E-state index in [4.69, 9.17) is 0 Å². The second kappa shape index (κ2) is 10.9. The third-order valence-corrected chi connectivity index (χ3v) is 12.9. The number of rotatable bonds is 3. The van der Waals surface area contributed by atoms with Crippen molar-refractivity contribution >= 4 is 95.3 Å². The lowest BCUT2D eigenvalue weighted by molar-refractivity contribution is 1.66. The van der Waals surface area contributed by atoms with Crippen LogP contribution in [0.15, 0.2) is 170 Å². The minimum atomic E-state index is 1.24. The Bertz CT molecular complexity index is 2990. The van der Waals surface area contributed by atoms with Gasteiger partial charge in [-0.05, 0) is 84.4 Å². The van der Waals surface area contributed by atoms with E-state index in [-0.39, 0.29) is 0 Å². The van der Waals surface area contributed by atoms with E-state index in [0.717, 1.165) is 0 Å². The molecule has 2 aromatic heterocycles. The van der Waals surface area contributed by atoms with Crippen LogP contribution in [-0.2, 0) is 0 Å². The summed E-state index contributed by atoms with van der Waals surface area (Å²) in [5.74, 6) is 0. The number of hydrogen-bond donors (Lipinski definition) is 0. The molecule has 0 amide bonds. The van der Waals surface area contributed by atoms with E-state index in [2.05, 4.69) is 170 Å². The molecular formula is C48H28S2. The lowest BCUT2D eigenvalue weighted by Crippen LogP contribution is -1.91. The summed E-state index contributed by atoms with van der Waals surface area (Å²) in [6.45, 7) is 0. The van der Waals surface area contributed by atoms with Gasteiger partial charge < -0.3 is 0 Å². The maximum atomic E-state index is 2.44. The zero-order valence-electron chi connectivity index (χ0n) is 27.0. The predicted octanol–water partition coefficient (Wildman–Crippen LogP) is 14.9. The van der Waals surface area contributed by atoms with Gasteiger partial charge in [0, 0.05) is 45.9 Å². The van der Waals surface area contributed by atoms with E-state index in [1.807, 2.05) is 22.7 Å². The molecule has 0 radical (unpaired) electrons. The van der Waals surface area contributed by atoms with Gasteiger partial charge in [0.15, 0.2) is 0 Å². The Morgan fingerprint density at radius 2 is 0.660 bits per heavy atom. The van der Waals surface area contributed by atoms with Gasteiger partial charge in [-0.3, -0.25) is 0 Å². The predicted molar refractivity (Wildman–Crippen MR) is 221 cm³/mol. The minimum Gasteiger partial charge on any atom is -0.134 e. The van der Waals surface area contributed by atoms with Crippen molar-refractivity contribution in [1.29, 1.82) is 0 Å². The van der Waals surface area contributed by atoms with Crippen LogP contribution in [0.2, 0.25) is 0 Å². The van der Waals surface area contributed by atoms with E-state index in [0.29, 0.717) is 0 Å². The molecule has 50 heavy (non-hydrogen) atoms. The summed E-state index contributed by atoms with van der Waals surface area (Å²) in [5.41, 5.74) is 7.70. The highest BCUT2D eigenvalue weighted by Gasteiger charge is 2.20. The number of hydrogen-bond acceptors (Lipinski definition) is 2. The fourth-order valence-corrected chi connectivity index (χ4v) is 10.8. The zero-order chi connectivity index (χ0) is 32.8. The molecule has 0 nitrogen and oxygen atoms in total. The molecule has 0 saturated carbocycles. The van der Waals surface area contributed by atoms with Crippen molar-refractivity contribution in [3.05, 3.63) is 170 Å². The second-order valence-electron chi connectivity index (χ2n) is 13.2. The molecule has 0 atom stereocenters. The van der Waals surface area contributed by atoms with Gasteiger partial charge in [0.1, 0.15) is 0 Å². The Balaban J connectivity index is 1.15. The molecule has 2 heterocycles. The average molecular weight is 669 g/mol. The van der Waals surface area contributed by atoms with Crippen LogP contribution in [0.25, 0.3) is 106 Å².